The van der Waals surface area contributed by atoms with Crippen molar-refractivity contribution < 1.29 is 19.1 Å². The third kappa shape index (κ3) is 2.64. The monoisotopic (exact) mass is 367 g/mol. The molecule has 1 aliphatic rings. The molecule has 6 nitrogen and oxygen atoms in total. The maximum absolute atomic E-state index is 12.3. The minimum Gasteiger partial charge on any atom is -0.478 e. The van der Waals surface area contributed by atoms with Crippen LogP contribution in [0.15, 0.2) is 44.9 Å². The number of aliphatic carboxylic acids is 1. The molecule has 24 heavy (non-hydrogen) atoms. The van der Waals surface area contributed by atoms with E-state index in [0.29, 0.717) is 16.3 Å². The van der Waals surface area contributed by atoms with E-state index in [9.17, 15) is 14.7 Å². The molecule has 2 aromatic rings. The summed E-state index contributed by atoms with van der Waals surface area (Å²) >= 11 is 12.1. The van der Waals surface area contributed by atoms with Crippen molar-refractivity contribution in [1.82, 2.24) is 0 Å². The van der Waals surface area contributed by atoms with Crippen molar-refractivity contribution in [3.05, 3.63) is 73.1 Å². The summed E-state index contributed by atoms with van der Waals surface area (Å²) in [5.41, 5.74) is 5.16. The summed E-state index contributed by atoms with van der Waals surface area (Å²) in [6.07, 6.45) is 0. The zero-order valence-corrected chi connectivity index (χ0v) is 13.8. The SMILES string of the molecule is Cc1cc2c(c(=O)o1)[C@H](c1ccc(Cl)cc1Cl)C(C(=O)O)=C(N)O2. The van der Waals surface area contributed by atoms with E-state index < -0.39 is 17.5 Å². The molecule has 0 aliphatic carbocycles. The zero-order chi connectivity index (χ0) is 17.6. The van der Waals surface area contributed by atoms with Gasteiger partial charge in [0.15, 0.2) is 0 Å². The quantitative estimate of drug-likeness (QED) is 0.845. The Morgan fingerprint density at radius 3 is 2.62 bits per heavy atom. The molecule has 1 atom stereocenters. The number of ether oxygens (including phenoxy) is 1. The van der Waals surface area contributed by atoms with E-state index >= 15 is 0 Å². The highest BCUT2D eigenvalue weighted by molar-refractivity contribution is 6.35. The number of aryl methyl sites for hydroxylation is 1. The lowest BCUT2D eigenvalue weighted by atomic mass is 9.84. The van der Waals surface area contributed by atoms with E-state index in [1.54, 1.807) is 19.1 Å². The molecule has 1 aliphatic heterocycles. The molecule has 3 rings (SSSR count). The fourth-order valence-electron chi connectivity index (χ4n) is 2.67. The van der Waals surface area contributed by atoms with Gasteiger partial charge in [-0.25, -0.2) is 9.59 Å². The maximum Gasteiger partial charge on any atom is 0.343 e. The molecular weight excluding hydrogens is 357 g/mol. The molecule has 0 saturated carbocycles. The molecule has 0 amide bonds. The average Bonchev–Trinajstić information content (AvgIpc) is 2.44. The first-order chi connectivity index (χ1) is 11.3. The van der Waals surface area contributed by atoms with Crippen LogP contribution in [0.5, 0.6) is 5.75 Å². The van der Waals surface area contributed by atoms with E-state index in [2.05, 4.69) is 0 Å². The summed E-state index contributed by atoms with van der Waals surface area (Å²) in [5, 5.41) is 10.1. The second kappa shape index (κ2) is 5.89. The molecule has 3 N–H and O–H groups in total. The molecule has 0 spiro atoms. The van der Waals surface area contributed by atoms with Crippen LogP contribution >= 0.6 is 23.2 Å². The molecule has 0 fully saturated rings. The number of halogens is 2. The van der Waals surface area contributed by atoms with Gasteiger partial charge in [-0.05, 0) is 24.6 Å². The normalized spacial score (nSPS) is 16.5. The Morgan fingerprint density at radius 1 is 1.29 bits per heavy atom. The van der Waals surface area contributed by atoms with Crippen molar-refractivity contribution >= 4 is 29.2 Å². The van der Waals surface area contributed by atoms with Gasteiger partial charge in [0.25, 0.3) is 0 Å². The van der Waals surface area contributed by atoms with Gasteiger partial charge in [0.05, 0.1) is 11.5 Å². The van der Waals surface area contributed by atoms with Gasteiger partial charge < -0.3 is 20.0 Å². The largest absolute Gasteiger partial charge is 0.478 e. The molecule has 1 aromatic carbocycles. The third-order valence-corrected chi connectivity index (χ3v) is 4.20. The number of nitrogens with two attached hydrogens (primary N) is 1. The number of carboxylic acid groups (broad SMARTS) is 1. The standard InChI is InChI=1S/C16H11Cl2NO5/c1-6-4-10-12(16(22)23-6)11(13(15(20)21)14(19)24-10)8-3-2-7(17)5-9(8)18/h2-5,11H,19H2,1H3,(H,20,21)/t11-/m0/s1. The number of benzene rings is 1. The van der Waals surface area contributed by atoms with Crippen molar-refractivity contribution in [3.8, 4) is 5.75 Å². The molecule has 0 bridgehead atoms. The predicted octanol–water partition coefficient (Wildman–Crippen LogP) is 3.03. The van der Waals surface area contributed by atoms with Gasteiger partial charge in [0.1, 0.15) is 17.1 Å². The summed E-state index contributed by atoms with van der Waals surface area (Å²) in [7, 11) is 0. The first-order valence-electron chi connectivity index (χ1n) is 6.80. The highest BCUT2D eigenvalue weighted by Crippen LogP contribution is 2.43. The lowest BCUT2D eigenvalue weighted by molar-refractivity contribution is -0.133. The Labute approximate surface area is 146 Å². The highest BCUT2D eigenvalue weighted by Gasteiger charge is 2.38. The smallest absolute Gasteiger partial charge is 0.343 e. The number of carboxylic acids is 1. The van der Waals surface area contributed by atoms with Gasteiger partial charge in [0, 0.05) is 16.1 Å². The van der Waals surface area contributed by atoms with E-state index in [-0.39, 0.29) is 27.8 Å². The van der Waals surface area contributed by atoms with Crippen LogP contribution in [-0.2, 0) is 4.79 Å². The predicted molar refractivity (Wildman–Crippen MR) is 87.5 cm³/mol. The van der Waals surface area contributed by atoms with Crippen LogP contribution < -0.4 is 16.1 Å². The zero-order valence-electron chi connectivity index (χ0n) is 12.3. The van der Waals surface area contributed by atoms with E-state index in [4.69, 9.17) is 38.1 Å². The fourth-order valence-corrected chi connectivity index (χ4v) is 3.19. The molecule has 8 heteroatoms. The van der Waals surface area contributed by atoms with Gasteiger partial charge in [-0.1, -0.05) is 29.3 Å². The van der Waals surface area contributed by atoms with Gasteiger partial charge in [-0.15, -0.1) is 0 Å². The van der Waals surface area contributed by atoms with E-state index in [0.717, 1.165) is 0 Å². The lowest BCUT2D eigenvalue weighted by Gasteiger charge is -2.27. The summed E-state index contributed by atoms with van der Waals surface area (Å²) in [4.78, 5) is 24.0. The number of rotatable bonds is 2. The van der Waals surface area contributed by atoms with E-state index in [1.165, 1.54) is 12.1 Å². The molecule has 1 aromatic heterocycles. The van der Waals surface area contributed by atoms with Crippen LogP contribution in [0.4, 0.5) is 0 Å². The molecule has 0 radical (unpaired) electrons. The summed E-state index contributed by atoms with van der Waals surface area (Å²) in [6.45, 7) is 1.57. The Balaban J connectivity index is 2.36. The van der Waals surface area contributed by atoms with Crippen molar-refractivity contribution in [2.75, 3.05) is 0 Å². The van der Waals surface area contributed by atoms with Gasteiger partial charge in [-0.3, -0.25) is 0 Å². The Bertz CT molecular complexity index is 948. The van der Waals surface area contributed by atoms with Crippen LogP contribution in [0.1, 0.15) is 22.8 Å². The fraction of sp³-hybridized carbons (Fsp3) is 0.125. The lowest BCUT2D eigenvalue weighted by Crippen LogP contribution is -2.30. The van der Waals surface area contributed by atoms with Crippen LogP contribution in [0, 0.1) is 6.92 Å². The number of fused-ring (bicyclic) bond motifs is 1. The minimum absolute atomic E-state index is 0.0245. The van der Waals surface area contributed by atoms with Crippen molar-refractivity contribution in [1.29, 1.82) is 0 Å². The van der Waals surface area contributed by atoms with Crippen molar-refractivity contribution in [2.24, 2.45) is 5.73 Å². The average molecular weight is 368 g/mol. The summed E-state index contributed by atoms with van der Waals surface area (Å²) < 4.78 is 10.4. The number of carbonyl (C=O) groups is 1. The molecule has 2 heterocycles. The van der Waals surface area contributed by atoms with Crippen LogP contribution in [0.2, 0.25) is 10.0 Å². The molecule has 0 unspecified atom stereocenters. The highest BCUT2D eigenvalue weighted by atomic mass is 35.5. The van der Waals surface area contributed by atoms with E-state index in [1.807, 2.05) is 0 Å². The second-order valence-corrected chi connectivity index (χ2v) is 6.05. The van der Waals surface area contributed by atoms with Crippen molar-refractivity contribution in [2.45, 2.75) is 12.8 Å². The molecule has 124 valence electrons. The first kappa shape index (κ1) is 16.4. The van der Waals surface area contributed by atoms with Crippen LogP contribution in [0.25, 0.3) is 0 Å². The summed E-state index contributed by atoms with van der Waals surface area (Å²) in [5.74, 6) is -2.22. The molecule has 0 saturated heterocycles. The van der Waals surface area contributed by atoms with Crippen LogP contribution in [0.3, 0.4) is 0 Å². The number of hydrogen-bond donors (Lipinski definition) is 2. The first-order valence-corrected chi connectivity index (χ1v) is 7.55. The van der Waals surface area contributed by atoms with Crippen molar-refractivity contribution in [3.63, 3.8) is 0 Å². The number of hydrogen-bond acceptors (Lipinski definition) is 5. The Hall–Kier alpha value is -2.44. The summed E-state index contributed by atoms with van der Waals surface area (Å²) in [6, 6.07) is 6.02. The topological polar surface area (TPSA) is 103 Å². The van der Waals surface area contributed by atoms with Gasteiger partial charge >= 0.3 is 11.6 Å². The minimum atomic E-state index is -1.32. The van der Waals surface area contributed by atoms with Crippen LogP contribution in [-0.4, -0.2) is 11.1 Å². The van der Waals surface area contributed by atoms with Gasteiger partial charge in [0.2, 0.25) is 5.88 Å². The second-order valence-electron chi connectivity index (χ2n) is 5.21. The Kier molecular flexibility index (Phi) is 4.03. The Morgan fingerprint density at radius 2 is 2.00 bits per heavy atom. The maximum atomic E-state index is 12.3. The third-order valence-electron chi connectivity index (χ3n) is 3.64. The molecular formula is C16H11Cl2NO5. The van der Waals surface area contributed by atoms with Gasteiger partial charge in [-0.2, -0.15) is 0 Å².